The van der Waals surface area contributed by atoms with Crippen molar-refractivity contribution in [3.05, 3.63) is 0 Å². The number of amides is 4. The van der Waals surface area contributed by atoms with Gasteiger partial charge < -0.3 is 53.2 Å². The molecule has 0 saturated heterocycles. The van der Waals surface area contributed by atoms with E-state index >= 15 is 0 Å². The molecule has 48 heavy (non-hydrogen) atoms. The Balaban J connectivity index is 5.62. The van der Waals surface area contributed by atoms with Crippen LogP contribution in [0, 0.1) is 0 Å². The molecule has 0 aromatic heterocycles. The Morgan fingerprint density at radius 2 is 0.854 bits per heavy atom. The third kappa shape index (κ3) is 19.8. The van der Waals surface area contributed by atoms with E-state index < -0.39 is 83.8 Å². The van der Waals surface area contributed by atoms with Crippen LogP contribution in [-0.4, -0.2) is 140 Å². The van der Waals surface area contributed by atoms with Gasteiger partial charge >= 0.3 is 23.9 Å². The van der Waals surface area contributed by atoms with Crippen molar-refractivity contribution in [2.24, 2.45) is 11.5 Å². The van der Waals surface area contributed by atoms with Crippen LogP contribution in [0.1, 0.15) is 38.5 Å². The molecule has 0 aliphatic rings. The summed E-state index contributed by atoms with van der Waals surface area (Å²) in [5.74, 6) is -8.03. The highest BCUT2D eigenvalue weighted by atomic mass is 33.1. The summed E-state index contributed by atoms with van der Waals surface area (Å²) in [5.41, 5.74) is 10.9. The Bertz CT molecular complexity index is 1040. The van der Waals surface area contributed by atoms with Crippen LogP contribution in [0.4, 0.5) is 0 Å². The molecule has 0 aliphatic heterocycles. The summed E-state index contributed by atoms with van der Waals surface area (Å²) in [7, 11) is 2.01. The van der Waals surface area contributed by atoms with Gasteiger partial charge in [0.25, 0.3) is 0 Å². The third-order valence-corrected chi connectivity index (χ3v) is 9.98. The fourth-order valence-electron chi connectivity index (χ4n) is 3.57. The van der Waals surface area contributed by atoms with Crippen LogP contribution >= 0.6 is 45.1 Å². The highest BCUT2D eigenvalue weighted by Crippen LogP contribution is 2.24. The Kier molecular flexibility index (Phi) is 23.6. The zero-order valence-corrected chi connectivity index (χ0v) is 29.6. The van der Waals surface area contributed by atoms with E-state index in [4.69, 9.17) is 21.7 Å². The Morgan fingerprint density at radius 3 is 1.12 bits per heavy atom. The number of carboxylic acids is 4. The fraction of sp³-hybridized carbons (Fsp3) is 0.692. The maximum Gasteiger partial charge on any atom is 0.327 e. The minimum absolute atomic E-state index is 0.000242. The summed E-state index contributed by atoms with van der Waals surface area (Å²) < 4.78 is 0. The van der Waals surface area contributed by atoms with Crippen molar-refractivity contribution in [1.29, 1.82) is 0 Å². The first kappa shape index (κ1) is 45.1. The average Bonchev–Trinajstić information content (AvgIpc) is 3.00. The molecule has 4 amide bonds. The Hall–Kier alpha value is -2.92. The van der Waals surface area contributed by atoms with Crippen molar-refractivity contribution in [3.8, 4) is 0 Å². The summed E-state index contributed by atoms with van der Waals surface area (Å²) in [6.45, 7) is 0. The quantitative estimate of drug-likeness (QED) is 0.0332. The predicted octanol–water partition coefficient (Wildman–Crippen LogP) is -1.63. The maximum atomic E-state index is 13.0. The molecule has 0 spiro atoms. The van der Waals surface area contributed by atoms with Crippen molar-refractivity contribution in [3.63, 3.8) is 0 Å². The molecule has 0 aromatic carbocycles. The van der Waals surface area contributed by atoms with Crippen LogP contribution in [-0.2, 0) is 38.4 Å². The molecule has 0 aliphatic carbocycles. The van der Waals surface area contributed by atoms with Crippen LogP contribution in [0.3, 0.4) is 0 Å². The smallest absolute Gasteiger partial charge is 0.327 e. The SMILES string of the molecule is CSC[C@@H](NC(=O)[C@H](CSSC[C@H](NC(=O)CCC[C@H](N)C(=O)O)C(=O)N[C@H](CSC)C(=O)O)NC(=O)CCC[C@H](N)C(=O)O)C(=O)O. The van der Waals surface area contributed by atoms with E-state index in [9.17, 15) is 48.6 Å². The molecule has 18 nitrogen and oxygen atoms in total. The number of carboxylic acid groups (broad SMARTS) is 4. The van der Waals surface area contributed by atoms with Gasteiger partial charge in [-0.15, -0.1) is 0 Å². The number of hydrogen-bond acceptors (Lipinski definition) is 14. The first-order valence-electron chi connectivity index (χ1n) is 14.4. The minimum atomic E-state index is -1.29. The summed E-state index contributed by atoms with van der Waals surface area (Å²) in [6.07, 6.45) is 3.17. The monoisotopic (exact) mass is 760 g/mol. The van der Waals surface area contributed by atoms with Gasteiger partial charge in [0.05, 0.1) is 0 Å². The second-order valence-corrected chi connectivity index (χ2v) is 14.6. The molecule has 0 radical (unpaired) electrons. The van der Waals surface area contributed by atoms with E-state index in [1.165, 1.54) is 23.5 Å². The predicted molar refractivity (Wildman–Crippen MR) is 184 cm³/mol. The molecule has 0 unspecified atom stereocenters. The molecule has 274 valence electrons. The number of carbonyl (C=O) groups is 8. The number of aliphatic carboxylic acids is 4. The zero-order valence-electron chi connectivity index (χ0n) is 26.4. The maximum absolute atomic E-state index is 13.0. The number of hydrogen-bond donors (Lipinski definition) is 10. The first-order chi connectivity index (χ1) is 22.5. The molecular formula is C26H44N6O12S4. The molecule has 6 atom stereocenters. The van der Waals surface area contributed by atoms with E-state index in [0.29, 0.717) is 0 Å². The molecule has 0 bridgehead atoms. The van der Waals surface area contributed by atoms with Crippen LogP contribution < -0.4 is 32.7 Å². The minimum Gasteiger partial charge on any atom is -0.480 e. The van der Waals surface area contributed by atoms with Gasteiger partial charge in [-0.2, -0.15) is 23.5 Å². The number of rotatable bonds is 27. The number of nitrogens with one attached hydrogen (secondary N) is 4. The lowest BCUT2D eigenvalue weighted by Gasteiger charge is -2.22. The molecule has 0 rings (SSSR count). The van der Waals surface area contributed by atoms with E-state index in [1.807, 2.05) is 0 Å². The lowest BCUT2D eigenvalue weighted by atomic mass is 10.1. The second-order valence-electron chi connectivity index (χ2n) is 10.2. The van der Waals surface area contributed by atoms with Gasteiger partial charge in [-0.25, -0.2) is 9.59 Å². The molecule has 0 heterocycles. The number of carbonyl (C=O) groups excluding carboxylic acids is 4. The molecule has 0 aromatic rings. The molecular weight excluding hydrogens is 717 g/mol. The number of nitrogens with two attached hydrogens (primary N) is 2. The van der Waals surface area contributed by atoms with Gasteiger partial charge in [0.15, 0.2) is 0 Å². The molecule has 12 N–H and O–H groups in total. The summed E-state index contributed by atoms with van der Waals surface area (Å²) in [4.78, 5) is 96.2. The van der Waals surface area contributed by atoms with Gasteiger partial charge in [0, 0.05) is 35.9 Å². The van der Waals surface area contributed by atoms with Crippen LogP contribution in [0.25, 0.3) is 0 Å². The largest absolute Gasteiger partial charge is 0.480 e. The topological polar surface area (TPSA) is 318 Å². The first-order valence-corrected chi connectivity index (χ1v) is 19.7. The average molecular weight is 761 g/mol. The highest BCUT2D eigenvalue weighted by molar-refractivity contribution is 8.76. The van der Waals surface area contributed by atoms with Gasteiger partial charge in [0.2, 0.25) is 23.6 Å². The summed E-state index contributed by atoms with van der Waals surface area (Å²) in [5, 5.41) is 46.4. The summed E-state index contributed by atoms with van der Waals surface area (Å²) >= 11 is 2.35. The standard InChI is InChI=1S/C26H44N6O12S4/c1-45-9-17(25(41)42)31-21(35)15(29-19(33)7-3-5-13(27)23(37)38)11-47-48-12-16(22(36)32-18(10-46-2)26(43)44)30-20(34)8-4-6-14(28)24(39)40/h13-18H,3-12,27-28H2,1-2H3,(H,29,33)(H,30,34)(H,31,35)(H,32,36)(H,37,38)(H,39,40)(H,41,42)(H,43,44)/t13-,14-,15-,16-,17+,18+/m0/s1. The van der Waals surface area contributed by atoms with Gasteiger partial charge in [-0.05, 0) is 38.2 Å². The van der Waals surface area contributed by atoms with Crippen molar-refractivity contribution in [2.45, 2.75) is 74.8 Å². The molecule has 0 saturated carbocycles. The fourth-order valence-corrected chi connectivity index (χ4v) is 7.02. The van der Waals surface area contributed by atoms with Crippen LogP contribution in [0.2, 0.25) is 0 Å². The third-order valence-electron chi connectivity index (χ3n) is 6.22. The molecule has 0 fully saturated rings. The van der Waals surface area contributed by atoms with Crippen molar-refractivity contribution in [1.82, 2.24) is 21.3 Å². The van der Waals surface area contributed by atoms with Crippen molar-refractivity contribution >= 4 is 92.6 Å². The second kappa shape index (κ2) is 25.1. The summed E-state index contributed by atoms with van der Waals surface area (Å²) in [6, 6.07) is -7.35. The van der Waals surface area contributed by atoms with Crippen molar-refractivity contribution in [2.75, 3.05) is 35.5 Å². The Morgan fingerprint density at radius 1 is 0.521 bits per heavy atom. The van der Waals surface area contributed by atoms with E-state index in [-0.39, 0.29) is 61.5 Å². The van der Waals surface area contributed by atoms with Gasteiger partial charge in [0.1, 0.15) is 36.3 Å². The van der Waals surface area contributed by atoms with Crippen molar-refractivity contribution < 1.29 is 58.8 Å². The lowest BCUT2D eigenvalue weighted by molar-refractivity contribution is -0.141. The van der Waals surface area contributed by atoms with Crippen LogP contribution in [0.5, 0.6) is 0 Å². The van der Waals surface area contributed by atoms with Gasteiger partial charge in [-0.1, -0.05) is 21.6 Å². The highest BCUT2D eigenvalue weighted by Gasteiger charge is 2.29. The number of thioether (sulfide) groups is 2. The molecule has 22 heteroatoms. The zero-order chi connectivity index (χ0) is 36.8. The van der Waals surface area contributed by atoms with Crippen LogP contribution in [0.15, 0.2) is 0 Å². The van der Waals surface area contributed by atoms with E-state index in [0.717, 1.165) is 21.6 Å². The normalized spacial score (nSPS) is 14.7. The Labute approximate surface area is 293 Å². The lowest BCUT2D eigenvalue weighted by Crippen LogP contribution is -2.53. The van der Waals surface area contributed by atoms with Gasteiger partial charge in [-0.3, -0.25) is 28.8 Å². The van der Waals surface area contributed by atoms with E-state index in [2.05, 4.69) is 21.3 Å². The van der Waals surface area contributed by atoms with E-state index in [1.54, 1.807) is 12.5 Å².